The Morgan fingerprint density at radius 2 is 2.22 bits per heavy atom. The number of nitrogens with zero attached hydrogens (tertiary/aromatic N) is 3. The summed E-state index contributed by atoms with van der Waals surface area (Å²) in [6.45, 7) is 3.43. The van der Waals surface area contributed by atoms with Gasteiger partial charge in [-0.3, -0.25) is 4.79 Å². The average molecular weight is 311 g/mol. The van der Waals surface area contributed by atoms with E-state index in [-0.39, 0.29) is 11.8 Å². The number of carbonyl (C=O) groups is 1. The van der Waals surface area contributed by atoms with Crippen molar-refractivity contribution in [2.45, 2.75) is 32.1 Å². The highest BCUT2D eigenvalue weighted by molar-refractivity contribution is 5.91. The predicted molar refractivity (Wildman–Crippen MR) is 87.7 cm³/mol. The highest BCUT2D eigenvalue weighted by Crippen LogP contribution is 2.25. The smallest absolute Gasteiger partial charge is 0.246 e. The average Bonchev–Trinajstić information content (AvgIpc) is 3.10. The number of rotatable bonds is 4. The summed E-state index contributed by atoms with van der Waals surface area (Å²) in [7, 11) is 0. The van der Waals surface area contributed by atoms with Crippen molar-refractivity contribution in [1.82, 2.24) is 15.0 Å². The molecule has 0 saturated carbocycles. The molecule has 1 aromatic carbocycles. The summed E-state index contributed by atoms with van der Waals surface area (Å²) in [6, 6.07) is 9.85. The van der Waals surface area contributed by atoms with Crippen LogP contribution in [0.4, 0.5) is 0 Å². The Morgan fingerprint density at radius 1 is 1.39 bits per heavy atom. The molecule has 1 aromatic heterocycles. The lowest BCUT2D eigenvalue weighted by molar-refractivity contribution is -0.127. The van der Waals surface area contributed by atoms with Gasteiger partial charge in [-0.05, 0) is 24.5 Å². The van der Waals surface area contributed by atoms with Gasteiger partial charge in [-0.1, -0.05) is 42.4 Å². The molecule has 1 aliphatic heterocycles. The lowest BCUT2D eigenvalue weighted by Gasteiger charge is -2.30. The van der Waals surface area contributed by atoms with Gasteiger partial charge in [0.2, 0.25) is 11.8 Å². The number of likely N-dealkylation sites (tertiary alicyclic amines) is 1. The molecule has 0 N–H and O–H groups in total. The molecule has 0 radical (unpaired) electrons. The molecular formula is C18H21N3O2. The molecule has 1 atom stereocenters. The van der Waals surface area contributed by atoms with Crippen LogP contribution in [0, 0.1) is 0 Å². The Kier molecular flexibility index (Phi) is 4.86. The molecule has 2 aromatic rings. The lowest BCUT2D eigenvalue weighted by Crippen LogP contribution is -2.38. The van der Waals surface area contributed by atoms with Gasteiger partial charge >= 0.3 is 0 Å². The first kappa shape index (κ1) is 15.5. The van der Waals surface area contributed by atoms with E-state index in [0.717, 1.165) is 37.2 Å². The van der Waals surface area contributed by atoms with E-state index in [1.165, 1.54) is 0 Å². The Bertz CT molecular complexity index is 679. The molecule has 5 nitrogen and oxygen atoms in total. The van der Waals surface area contributed by atoms with Crippen molar-refractivity contribution in [3.05, 3.63) is 53.7 Å². The van der Waals surface area contributed by atoms with Gasteiger partial charge < -0.3 is 9.42 Å². The van der Waals surface area contributed by atoms with Gasteiger partial charge in [0.25, 0.3) is 0 Å². The summed E-state index contributed by atoms with van der Waals surface area (Å²) >= 11 is 0. The van der Waals surface area contributed by atoms with Gasteiger partial charge in [-0.15, -0.1) is 0 Å². The first-order valence-corrected chi connectivity index (χ1v) is 8.10. The zero-order valence-corrected chi connectivity index (χ0v) is 13.3. The molecule has 5 heteroatoms. The monoisotopic (exact) mass is 311 g/mol. The predicted octanol–water partition coefficient (Wildman–Crippen LogP) is 3.05. The van der Waals surface area contributed by atoms with Crippen molar-refractivity contribution < 1.29 is 9.32 Å². The van der Waals surface area contributed by atoms with Crippen molar-refractivity contribution >= 4 is 12.0 Å². The molecule has 1 saturated heterocycles. The fourth-order valence-corrected chi connectivity index (χ4v) is 2.80. The van der Waals surface area contributed by atoms with Crippen LogP contribution < -0.4 is 0 Å². The second kappa shape index (κ2) is 7.22. The van der Waals surface area contributed by atoms with Gasteiger partial charge in [0.1, 0.15) is 0 Å². The molecule has 1 fully saturated rings. The summed E-state index contributed by atoms with van der Waals surface area (Å²) in [6.07, 6.45) is 6.20. The lowest BCUT2D eigenvalue weighted by atomic mass is 9.97. The maximum atomic E-state index is 12.4. The minimum absolute atomic E-state index is 0.0396. The molecule has 3 rings (SSSR count). The van der Waals surface area contributed by atoms with Gasteiger partial charge in [-0.2, -0.15) is 4.98 Å². The third-order valence-electron chi connectivity index (χ3n) is 4.10. The van der Waals surface area contributed by atoms with E-state index in [1.807, 2.05) is 48.2 Å². The van der Waals surface area contributed by atoms with E-state index in [2.05, 4.69) is 10.1 Å². The summed E-state index contributed by atoms with van der Waals surface area (Å²) < 4.78 is 5.19. The van der Waals surface area contributed by atoms with Crippen LogP contribution in [-0.4, -0.2) is 34.0 Å². The van der Waals surface area contributed by atoms with Gasteiger partial charge in [0.05, 0.1) is 0 Å². The third-order valence-corrected chi connectivity index (χ3v) is 4.10. The number of piperidine rings is 1. The normalized spacial score (nSPS) is 18.5. The molecule has 0 bridgehead atoms. The van der Waals surface area contributed by atoms with Crippen LogP contribution in [0.2, 0.25) is 0 Å². The molecule has 0 spiro atoms. The number of hydrogen-bond donors (Lipinski definition) is 0. The van der Waals surface area contributed by atoms with Gasteiger partial charge in [0, 0.05) is 31.5 Å². The van der Waals surface area contributed by atoms with Crippen molar-refractivity contribution in [3.8, 4) is 0 Å². The van der Waals surface area contributed by atoms with Gasteiger partial charge in [-0.25, -0.2) is 0 Å². The molecule has 1 aliphatic rings. The second-order valence-electron chi connectivity index (χ2n) is 5.77. The van der Waals surface area contributed by atoms with Crippen LogP contribution in [0.3, 0.4) is 0 Å². The Balaban J connectivity index is 1.63. The van der Waals surface area contributed by atoms with E-state index in [9.17, 15) is 4.79 Å². The van der Waals surface area contributed by atoms with Gasteiger partial charge in [0.15, 0.2) is 5.82 Å². The van der Waals surface area contributed by atoms with Crippen LogP contribution >= 0.6 is 0 Å². The SMILES string of the molecule is CCc1nc(C2CCCN(C(=O)C=Cc3ccccc3)C2)no1. The van der Waals surface area contributed by atoms with Crippen LogP contribution in [-0.2, 0) is 11.2 Å². The van der Waals surface area contributed by atoms with Crippen molar-refractivity contribution in [3.63, 3.8) is 0 Å². The van der Waals surface area contributed by atoms with Crippen molar-refractivity contribution in [2.24, 2.45) is 0 Å². The largest absolute Gasteiger partial charge is 0.339 e. The first-order valence-electron chi connectivity index (χ1n) is 8.10. The first-order chi connectivity index (χ1) is 11.3. The molecule has 120 valence electrons. The van der Waals surface area contributed by atoms with Crippen LogP contribution in [0.15, 0.2) is 40.9 Å². The van der Waals surface area contributed by atoms with Crippen LogP contribution in [0.5, 0.6) is 0 Å². The number of aryl methyl sites for hydroxylation is 1. The minimum atomic E-state index is 0.0396. The summed E-state index contributed by atoms with van der Waals surface area (Å²) in [5, 5.41) is 4.06. The number of aromatic nitrogens is 2. The zero-order valence-electron chi connectivity index (χ0n) is 13.3. The minimum Gasteiger partial charge on any atom is -0.339 e. The highest BCUT2D eigenvalue weighted by atomic mass is 16.5. The second-order valence-corrected chi connectivity index (χ2v) is 5.77. The van der Waals surface area contributed by atoms with Crippen molar-refractivity contribution in [2.75, 3.05) is 13.1 Å². The highest BCUT2D eigenvalue weighted by Gasteiger charge is 2.26. The fraction of sp³-hybridized carbons (Fsp3) is 0.389. The standard InChI is InChI=1S/C18H21N3O2/c1-2-16-19-18(20-23-16)15-9-6-12-21(13-15)17(22)11-10-14-7-4-3-5-8-14/h3-5,7-8,10-11,15H,2,6,9,12-13H2,1H3. The number of benzene rings is 1. The van der Waals surface area contributed by atoms with E-state index in [0.29, 0.717) is 12.4 Å². The zero-order chi connectivity index (χ0) is 16.1. The summed E-state index contributed by atoms with van der Waals surface area (Å²) in [5.41, 5.74) is 1.03. The molecule has 23 heavy (non-hydrogen) atoms. The molecule has 2 heterocycles. The molecular weight excluding hydrogens is 290 g/mol. The van der Waals surface area contributed by atoms with Crippen LogP contribution in [0.1, 0.15) is 43.0 Å². The summed E-state index contributed by atoms with van der Waals surface area (Å²) in [4.78, 5) is 18.7. The maximum Gasteiger partial charge on any atom is 0.246 e. The van der Waals surface area contributed by atoms with Crippen LogP contribution in [0.25, 0.3) is 6.08 Å². The third kappa shape index (κ3) is 3.86. The molecule has 1 amide bonds. The number of carbonyl (C=O) groups excluding carboxylic acids is 1. The van der Waals surface area contributed by atoms with E-state index >= 15 is 0 Å². The Morgan fingerprint density at radius 3 is 2.96 bits per heavy atom. The maximum absolute atomic E-state index is 12.4. The van der Waals surface area contributed by atoms with E-state index in [1.54, 1.807) is 6.08 Å². The number of amides is 1. The number of hydrogen-bond acceptors (Lipinski definition) is 4. The van der Waals surface area contributed by atoms with E-state index < -0.39 is 0 Å². The molecule has 1 unspecified atom stereocenters. The van der Waals surface area contributed by atoms with E-state index in [4.69, 9.17) is 4.52 Å². The summed E-state index contributed by atoms with van der Waals surface area (Å²) in [5.74, 6) is 1.60. The Hall–Kier alpha value is -2.43. The quantitative estimate of drug-likeness (QED) is 0.814. The fourth-order valence-electron chi connectivity index (χ4n) is 2.80. The van der Waals surface area contributed by atoms with Crippen molar-refractivity contribution in [1.29, 1.82) is 0 Å². The Labute approximate surface area is 136 Å². The molecule has 0 aliphatic carbocycles. The topological polar surface area (TPSA) is 59.2 Å².